The molecule has 1 aromatic heterocycles. The number of pyridine rings is 1. The van der Waals surface area contributed by atoms with Crippen molar-refractivity contribution in [3.05, 3.63) is 83.1 Å². The first-order valence-electron chi connectivity index (χ1n) is 9.96. The van der Waals surface area contributed by atoms with E-state index in [-0.39, 0.29) is 12.5 Å². The number of hydrogen-bond acceptors (Lipinski definition) is 5. The normalized spacial score (nSPS) is 10.7. The summed E-state index contributed by atoms with van der Waals surface area (Å²) in [7, 11) is 3.20. The molecule has 0 fully saturated rings. The quantitative estimate of drug-likeness (QED) is 0.506. The standard InChI is InChI=1S/C24H26ClN3O3/c1-30-21-9-6-18(7-10-21)16-28(14-12-20-5-3-4-13-26-20)17-24(29)27-22-15-19(25)8-11-23(22)31-2/h3-11,13,15H,12,14,16-17H2,1-2H3,(H,27,29). The summed E-state index contributed by atoms with van der Waals surface area (Å²) in [5.41, 5.74) is 2.63. The number of amides is 1. The van der Waals surface area contributed by atoms with E-state index in [1.165, 1.54) is 0 Å². The number of nitrogens with one attached hydrogen (secondary N) is 1. The van der Waals surface area contributed by atoms with Crippen LogP contribution in [0.15, 0.2) is 66.9 Å². The lowest BCUT2D eigenvalue weighted by molar-refractivity contribution is -0.117. The summed E-state index contributed by atoms with van der Waals surface area (Å²) in [6.07, 6.45) is 2.52. The van der Waals surface area contributed by atoms with Crippen LogP contribution in [0, 0.1) is 0 Å². The number of anilines is 1. The Bertz CT molecular complexity index is 981. The van der Waals surface area contributed by atoms with Gasteiger partial charge >= 0.3 is 0 Å². The molecule has 3 aromatic rings. The molecule has 1 N–H and O–H groups in total. The molecule has 0 spiro atoms. The van der Waals surface area contributed by atoms with E-state index in [1.807, 2.05) is 42.5 Å². The van der Waals surface area contributed by atoms with E-state index in [4.69, 9.17) is 21.1 Å². The average Bonchev–Trinajstić information content (AvgIpc) is 2.79. The number of benzene rings is 2. The fraction of sp³-hybridized carbons (Fsp3) is 0.250. The van der Waals surface area contributed by atoms with Crippen LogP contribution >= 0.6 is 11.6 Å². The van der Waals surface area contributed by atoms with Gasteiger partial charge in [-0.3, -0.25) is 14.7 Å². The van der Waals surface area contributed by atoms with E-state index < -0.39 is 0 Å². The van der Waals surface area contributed by atoms with Crippen molar-refractivity contribution in [2.24, 2.45) is 0 Å². The van der Waals surface area contributed by atoms with Crippen molar-refractivity contribution < 1.29 is 14.3 Å². The first-order valence-corrected chi connectivity index (χ1v) is 10.3. The first kappa shape index (κ1) is 22.6. The van der Waals surface area contributed by atoms with Gasteiger partial charge in [-0.25, -0.2) is 0 Å². The predicted octanol–water partition coefficient (Wildman–Crippen LogP) is 4.44. The maximum absolute atomic E-state index is 12.8. The summed E-state index contributed by atoms with van der Waals surface area (Å²) in [5, 5.41) is 3.44. The van der Waals surface area contributed by atoms with Gasteiger partial charge in [0.2, 0.25) is 5.91 Å². The molecule has 1 heterocycles. The Labute approximate surface area is 187 Å². The predicted molar refractivity (Wildman–Crippen MR) is 123 cm³/mol. The topological polar surface area (TPSA) is 63.7 Å². The zero-order valence-corrected chi connectivity index (χ0v) is 18.4. The van der Waals surface area contributed by atoms with Crippen molar-refractivity contribution in [3.63, 3.8) is 0 Å². The molecule has 3 rings (SSSR count). The molecule has 0 saturated heterocycles. The Hall–Kier alpha value is -3.09. The fourth-order valence-corrected chi connectivity index (χ4v) is 3.36. The van der Waals surface area contributed by atoms with E-state index in [2.05, 4.69) is 15.2 Å². The number of carbonyl (C=O) groups is 1. The smallest absolute Gasteiger partial charge is 0.238 e. The monoisotopic (exact) mass is 439 g/mol. The van der Waals surface area contributed by atoms with Gasteiger partial charge in [0.25, 0.3) is 0 Å². The molecule has 31 heavy (non-hydrogen) atoms. The number of rotatable bonds is 10. The number of halogens is 1. The van der Waals surface area contributed by atoms with Crippen LogP contribution in [0.25, 0.3) is 0 Å². The highest BCUT2D eigenvalue weighted by Gasteiger charge is 2.14. The number of methoxy groups -OCH3 is 2. The zero-order valence-electron chi connectivity index (χ0n) is 17.7. The molecule has 1 amide bonds. The fourth-order valence-electron chi connectivity index (χ4n) is 3.19. The van der Waals surface area contributed by atoms with Crippen molar-refractivity contribution in [3.8, 4) is 11.5 Å². The van der Waals surface area contributed by atoms with Gasteiger partial charge in [0.15, 0.2) is 0 Å². The van der Waals surface area contributed by atoms with Crippen LogP contribution in [-0.4, -0.2) is 43.1 Å². The van der Waals surface area contributed by atoms with Crippen LogP contribution in [0.2, 0.25) is 5.02 Å². The van der Waals surface area contributed by atoms with Crippen molar-refractivity contribution in [1.29, 1.82) is 0 Å². The molecule has 7 heteroatoms. The van der Waals surface area contributed by atoms with E-state index >= 15 is 0 Å². The van der Waals surface area contributed by atoms with Gasteiger partial charge in [-0.15, -0.1) is 0 Å². The molecule has 0 saturated carbocycles. The summed E-state index contributed by atoms with van der Waals surface area (Å²) < 4.78 is 10.6. The lowest BCUT2D eigenvalue weighted by atomic mass is 10.2. The van der Waals surface area contributed by atoms with Gasteiger partial charge in [0, 0.05) is 36.4 Å². The van der Waals surface area contributed by atoms with Gasteiger partial charge in [-0.05, 0) is 48.0 Å². The Kier molecular flexibility index (Phi) is 8.27. The van der Waals surface area contributed by atoms with Gasteiger partial charge in [-0.2, -0.15) is 0 Å². The van der Waals surface area contributed by atoms with Gasteiger partial charge in [-0.1, -0.05) is 29.8 Å². The van der Waals surface area contributed by atoms with Crippen molar-refractivity contribution in [2.45, 2.75) is 13.0 Å². The third-order valence-corrected chi connectivity index (χ3v) is 5.01. The molecule has 162 valence electrons. The summed E-state index contributed by atoms with van der Waals surface area (Å²) in [4.78, 5) is 19.3. The third-order valence-electron chi connectivity index (χ3n) is 4.78. The number of carbonyl (C=O) groups excluding carboxylic acids is 1. The van der Waals surface area contributed by atoms with Crippen LogP contribution in [0.1, 0.15) is 11.3 Å². The minimum absolute atomic E-state index is 0.143. The third kappa shape index (κ3) is 6.98. The molecule has 0 aliphatic rings. The van der Waals surface area contributed by atoms with Crippen LogP contribution < -0.4 is 14.8 Å². The van der Waals surface area contributed by atoms with Gasteiger partial charge in [0.1, 0.15) is 11.5 Å². The lowest BCUT2D eigenvalue weighted by Crippen LogP contribution is -2.34. The maximum atomic E-state index is 12.8. The highest BCUT2D eigenvalue weighted by atomic mass is 35.5. The van der Waals surface area contributed by atoms with Crippen LogP contribution in [0.3, 0.4) is 0 Å². The highest BCUT2D eigenvalue weighted by molar-refractivity contribution is 6.31. The molecule has 0 unspecified atom stereocenters. The number of aromatic nitrogens is 1. The Morgan fingerprint density at radius 3 is 2.55 bits per heavy atom. The summed E-state index contributed by atoms with van der Waals surface area (Å²) in [5.74, 6) is 1.22. The molecule has 0 bridgehead atoms. The van der Waals surface area contributed by atoms with E-state index in [1.54, 1.807) is 38.6 Å². The van der Waals surface area contributed by atoms with Crippen molar-refractivity contribution in [1.82, 2.24) is 9.88 Å². The molecule has 0 radical (unpaired) electrons. The summed E-state index contributed by atoms with van der Waals surface area (Å²) in [6, 6.07) is 18.8. The average molecular weight is 440 g/mol. The van der Waals surface area contributed by atoms with E-state index in [0.29, 0.717) is 29.5 Å². The number of ether oxygens (including phenoxy) is 2. The summed E-state index contributed by atoms with van der Waals surface area (Å²) in [6.45, 7) is 1.52. The summed E-state index contributed by atoms with van der Waals surface area (Å²) >= 11 is 6.08. The molecular formula is C24H26ClN3O3. The van der Waals surface area contributed by atoms with Crippen LogP contribution in [-0.2, 0) is 17.8 Å². The van der Waals surface area contributed by atoms with Gasteiger partial charge in [0.05, 0.1) is 26.5 Å². The van der Waals surface area contributed by atoms with Crippen molar-refractivity contribution >= 4 is 23.2 Å². The second-order valence-corrected chi connectivity index (χ2v) is 7.46. The second-order valence-electron chi connectivity index (χ2n) is 7.02. The molecule has 0 aliphatic heterocycles. The number of nitrogens with zero attached hydrogens (tertiary/aromatic N) is 2. The highest BCUT2D eigenvalue weighted by Crippen LogP contribution is 2.27. The molecule has 0 atom stereocenters. The minimum atomic E-state index is -0.143. The molecule has 0 aliphatic carbocycles. The number of hydrogen-bond donors (Lipinski definition) is 1. The SMILES string of the molecule is COc1ccc(CN(CCc2ccccn2)CC(=O)Nc2cc(Cl)ccc2OC)cc1. The molecular weight excluding hydrogens is 414 g/mol. The largest absolute Gasteiger partial charge is 0.497 e. The Morgan fingerprint density at radius 2 is 1.87 bits per heavy atom. The van der Waals surface area contributed by atoms with Crippen LogP contribution in [0.5, 0.6) is 11.5 Å². The zero-order chi connectivity index (χ0) is 22.1. The second kappa shape index (κ2) is 11.3. The molecule has 2 aromatic carbocycles. The van der Waals surface area contributed by atoms with E-state index in [9.17, 15) is 4.79 Å². The van der Waals surface area contributed by atoms with E-state index in [0.717, 1.165) is 23.4 Å². The molecule has 6 nitrogen and oxygen atoms in total. The Balaban J connectivity index is 1.69. The minimum Gasteiger partial charge on any atom is -0.497 e. The van der Waals surface area contributed by atoms with Crippen molar-refractivity contribution in [2.75, 3.05) is 32.6 Å². The first-order chi connectivity index (χ1) is 15.1. The van der Waals surface area contributed by atoms with Crippen LogP contribution in [0.4, 0.5) is 5.69 Å². The maximum Gasteiger partial charge on any atom is 0.238 e. The van der Waals surface area contributed by atoms with Gasteiger partial charge < -0.3 is 14.8 Å². The Morgan fingerprint density at radius 1 is 1.06 bits per heavy atom. The lowest BCUT2D eigenvalue weighted by Gasteiger charge is -2.22.